The van der Waals surface area contributed by atoms with E-state index in [0.717, 1.165) is 71.6 Å². The molecule has 518 valence electrons. The SMILES string of the molecule is c1ccc2c(c1)cc(-c1cc(-c3cc4ccccc4c4ccccc34)c3cc(-c4ccc(-c5ccnc6ccccc56)cc4)c4ccccc4c3n1)c1ccccc12.c1ccc2c(c1)cc(-c1cc(-c3cc4ccccc4c4ccccc34)c3cc(-c4ccc(-c5ccncc5)cc4)c4ccccc4c3n1)c1ccccc12. The lowest BCUT2D eigenvalue weighted by Crippen LogP contribution is -1.95. The molecule has 0 radical (unpaired) electrons. The molecule has 4 heteroatoms. The van der Waals surface area contributed by atoms with Crippen molar-refractivity contribution in [2.45, 2.75) is 0 Å². The van der Waals surface area contributed by atoms with Crippen LogP contribution in [-0.2, 0) is 0 Å². The maximum absolute atomic E-state index is 5.67. The summed E-state index contributed by atoms with van der Waals surface area (Å²) < 4.78 is 0. The van der Waals surface area contributed by atoms with Crippen molar-refractivity contribution in [2.75, 3.05) is 0 Å². The lowest BCUT2D eigenvalue weighted by molar-refractivity contribution is 1.33. The molecule has 0 unspecified atom stereocenters. The molecule has 4 nitrogen and oxygen atoms in total. The molecule has 0 aliphatic heterocycles. The average Bonchev–Trinajstić information content (AvgIpc) is 0.669. The van der Waals surface area contributed by atoms with Gasteiger partial charge in [0.15, 0.2) is 0 Å². The summed E-state index contributed by atoms with van der Waals surface area (Å²) in [6.45, 7) is 0. The molecule has 0 N–H and O–H groups in total. The Kier molecular flexibility index (Phi) is 15.2. The van der Waals surface area contributed by atoms with E-state index in [1.54, 1.807) is 0 Å². The van der Waals surface area contributed by atoms with Crippen molar-refractivity contribution in [2.24, 2.45) is 0 Å². The molecule has 0 aliphatic rings. The van der Waals surface area contributed by atoms with Crippen molar-refractivity contribution in [1.82, 2.24) is 19.9 Å². The van der Waals surface area contributed by atoms with Gasteiger partial charge in [-0.2, -0.15) is 0 Å². The maximum atomic E-state index is 5.67. The number of pyridine rings is 4. The highest BCUT2D eigenvalue weighted by atomic mass is 14.7. The van der Waals surface area contributed by atoms with E-state index >= 15 is 0 Å². The number of fused-ring (bicyclic) bond motifs is 19. The lowest BCUT2D eigenvalue weighted by Gasteiger charge is -2.19. The molecule has 0 aliphatic carbocycles. The fourth-order valence-electron chi connectivity index (χ4n) is 18.0. The molecule has 23 rings (SSSR count). The van der Waals surface area contributed by atoms with Gasteiger partial charge in [-0.1, -0.05) is 309 Å². The zero-order chi connectivity index (χ0) is 73.7. The molecule has 0 saturated heterocycles. The molecular weight excluding hydrogens is 1350 g/mol. The van der Waals surface area contributed by atoms with Gasteiger partial charge in [0, 0.05) is 56.6 Å². The van der Waals surface area contributed by atoms with Gasteiger partial charge in [-0.05, 0) is 237 Å². The number of nitrogens with zero attached hydrogens (tertiary/aromatic N) is 4. The van der Waals surface area contributed by atoms with Crippen LogP contribution < -0.4 is 0 Å². The minimum absolute atomic E-state index is 0.966. The fourth-order valence-corrected chi connectivity index (χ4v) is 18.0. The Morgan fingerprint density at radius 2 is 0.429 bits per heavy atom. The van der Waals surface area contributed by atoms with E-state index in [2.05, 4.69) is 386 Å². The van der Waals surface area contributed by atoms with Crippen LogP contribution in [0.4, 0.5) is 0 Å². The van der Waals surface area contributed by atoms with Crippen LogP contribution in [0.5, 0.6) is 0 Å². The van der Waals surface area contributed by atoms with E-state index in [9.17, 15) is 0 Å². The van der Waals surface area contributed by atoms with Crippen molar-refractivity contribution >= 4 is 140 Å². The van der Waals surface area contributed by atoms with E-state index in [1.165, 1.54) is 158 Å². The summed E-state index contributed by atoms with van der Waals surface area (Å²) in [5.41, 5.74) is 21.4. The van der Waals surface area contributed by atoms with Crippen LogP contribution in [0.25, 0.3) is 230 Å². The molecule has 23 aromatic rings. The number of rotatable bonds is 8. The van der Waals surface area contributed by atoms with Crippen molar-refractivity contribution in [1.29, 1.82) is 0 Å². The van der Waals surface area contributed by atoms with Crippen molar-refractivity contribution in [3.63, 3.8) is 0 Å². The van der Waals surface area contributed by atoms with Gasteiger partial charge in [0.2, 0.25) is 0 Å². The first kappa shape index (κ1) is 64.3. The highest BCUT2D eigenvalue weighted by Gasteiger charge is 2.24. The van der Waals surface area contributed by atoms with Crippen LogP contribution in [-0.4, -0.2) is 19.9 Å². The van der Waals surface area contributed by atoms with Crippen molar-refractivity contribution in [3.8, 4) is 89.3 Å². The first-order valence-electron chi connectivity index (χ1n) is 38.4. The quantitative estimate of drug-likeness (QED) is 0.142. The molecule has 112 heavy (non-hydrogen) atoms. The normalized spacial score (nSPS) is 11.8. The van der Waals surface area contributed by atoms with Gasteiger partial charge in [0.1, 0.15) is 0 Å². The van der Waals surface area contributed by atoms with E-state index < -0.39 is 0 Å². The summed E-state index contributed by atoms with van der Waals surface area (Å²) in [5, 5.41) is 27.8. The molecule has 4 aromatic heterocycles. The van der Waals surface area contributed by atoms with Crippen LogP contribution in [0.3, 0.4) is 0 Å². The van der Waals surface area contributed by atoms with E-state index in [-0.39, 0.29) is 0 Å². The van der Waals surface area contributed by atoms with Gasteiger partial charge in [-0.3, -0.25) is 9.97 Å². The largest absolute Gasteiger partial charge is 0.265 e. The molecule has 4 heterocycles. The lowest BCUT2D eigenvalue weighted by atomic mass is 9.87. The summed E-state index contributed by atoms with van der Waals surface area (Å²) in [5.74, 6) is 0. The Morgan fingerprint density at radius 3 is 0.821 bits per heavy atom. The molecule has 19 aromatic carbocycles. The highest BCUT2D eigenvalue weighted by Crippen LogP contribution is 2.49. The zero-order valence-electron chi connectivity index (χ0n) is 60.9. The van der Waals surface area contributed by atoms with E-state index in [4.69, 9.17) is 9.97 Å². The monoisotopic (exact) mass is 1420 g/mol. The minimum Gasteiger partial charge on any atom is -0.265 e. The Labute approximate surface area is 646 Å². The van der Waals surface area contributed by atoms with Crippen LogP contribution in [0.2, 0.25) is 0 Å². The van der Waals surface area contributed by atoms with Gasteiger partial charge < -0.3 is 0 Å². The smallest absolute Gasteiger partial charge is 0.0794 e. The second-order valence-electron chi connectivity index (χ2n) is 29.4. The van der Waals surface area contributed by atoms with Crippen LogP contribution in [0, 0.1) is 0 Å². The molecule has 0 atom stereocenters. The third kappa shape index (κ3) is 10.7. The van der Waals surface area contributed by atoms with Gasteiger partial charge >= 0.3 is 0 Å². The summed E-state index contributed by atoms with van der Waals surface area (Å²) in [7, 11) is 0. The minimum atomic E-state index is 0.966. The van der Waals surface area contributed by atoms with Gasteiger partial charge in [-0.25, -0.2) is 9.97 Å². The van der Waals surface area contributed by atoms with E-state index in [1.807, 2.05) is 24.7 Å². The number of para-hydroxylation sites is 1. The Morgan fingerprint density at radius 1 is 0.152 bits per heavy atom. The summed E-state index contributed by atoms with van der Waals surface area (Å²) in [6.07, 6.45) is 5.60. The Hall–Kier alpha value is -14.8. The van der Waals surface area contributed by atoms with Gasteiger partial charge in [-0.15, -0.1) is 0 Å². The topological polar surface area (TPSA) is 51.6 Å². The van der Waals surface area contributed by atoms with Gasteiger partial charge in [0.25, 0.3) is 0 Å². The Balaban J connectivity index is 0.000000138. The Bertz CT molecular complexity index is 7800. The molecule has 0 bridgehead atoms. The molecular formula is C108H66N4. The van der Waals surface area contributed by atoms with Crippen LogP contribution >= 0.6 is 0 Å². The summed E-state index contributed by atoms with van der Waals surface area (Å²) >= 11 is 0. The average molecular weight is 1420 g/mol. The first-order chi connectivity index (χ1) is 55.5. The predicted octanol–water partition coefficient (Wildman–Crippen LogP) is 29.3. The van der Waals surface area contributed by atoms with Crippen molar-refractivity contribution in [3.05, 3.63) is 401 Å². The number of aromatic nitrogens is 4. The van der Waals surface area contributed by atoms with Gasteiger partial charge in [0.05, 0.1) is 27.9 Å². The molecule has 0 saturated carbocycles. The molecule has 0 spiro atoms. The van der Waals surface area contributed by atoms with Crippen LogP contribution in [0.1, 0.15) is 0 Å². The fraction of sp³-hybridized carbons (Fsp3) is 0. The summed E-state index contributed by atoms with van der Waals surface area (Å²) in [4.78, 5) is 20.1. The standard InChI is InChI=1S/C56H34N2.C52H32N2/c1-3-15-39-37(13-1)31-50(44-19-7-5-17-42(39)44)51-34-55(52-32-38-14-2-4-16-40(38)43-18-6-8-20-45(43)52)58-56-48-23-10-9-21-46(48)49(33-53(51)56)36-27-25-35(26-28-36)41-29-30-57-54-24-12-11-22-47(41)54;1-3-13-38-36(11-1)29-47(42-17-7-5-15-40(38)42)48-32-51(49-30-37-12-2-4-14-39(37)41-16-6-8-18-43(41)49)54-52-45-20-10-9-19-44(45)46(31-50(48)52)35-23-21-33(22-24-35)34-25-27-53-28-26-34/h1-34H;1-32H. The van der Waals surface area contributed by atoms with Crippen LogP contribution in [0.15, 0.2) is 401 Å². The molecule has 0 amide bonds. The number of benzene rings is 19. The second-order valence-corrected chi connectivity index (χ2v) is 29.4. The predicted molar refractivity (Wildman–Crippen MR) is 475 cm³/mol. The summed E-state index contributed by atoms with van der Waals surface area (Å²) in [6, 6.07) is 139. The number of hydrogen-bond acceptors (Lipinski definition) is 4. The molecule has 0 fully saturated rings. The number of hydrogen-bond donors (Lipinski definition) is 0. The maximum Gasteiger partial charge on any atom is 0.0794 e. The highest BCUT2D eigenvalue weighted by molar-refractivity contribution is 6.25. The third-order valence-corrected chi connectivity index (χ3v) is 23.2. The third-order valence-electron chi connectivity index (χ3n) is 23.2. The second kappa shape index (κ2) is 26.5. The first-order valence-corrected chi connectivity index (χ1v) is 38.4. The van der Waals surface area contributed by atoms with E-state index in [0.29, 0.717) is 0 Å². The zero-order valence-corrected chi connectivity index (χ0v) is 60.9. The van der Waals surface area contributed by atoms with Crippen molar-refractivity contribution < 1.29 is 0 Å².